The van der Waals surface area contributed by atoms with Gasteiger partial charge in [-0.1, -0.05) is 63.9 Å². The van der Waals surface area contributed by atoms with Crippen LogP contribution in [0, 0.1) is 11.8 Å². The summed E-state index contributed by atoms with van der Waals surface area (Å²) in [4.78, 5) is 0. The van der Waals surface area contributed by atoms with E-state index in [4.69, 9.17) is 0 Å². The lowest BCUT2D eigenvalue weighted by molar-refractivity contribution is 0.367. The fourth-order valence-corrected chi connectivity index (χ4v) is 3.61. The molecule has 0 aromatic heterocycles. The van der Waals surface area contributed by atoms with Crippen LogP contribution in [-0.4, -0.2) is 0 Å². The molecule has 0 saturated heterocycles. The van der Waals surface area contributed by atoms with Gasteiger partial charge in [-0.3, -0.25) is 0 Å². The molecular weight excluding hydrogens is 192 g/mol. The number of benzene rings is 1. The van der Waals surface area contributed by atoms with Crippen molar-refractivity contribution < 1.29 is 0 Å². The Bertz CT molecular complexity index is 313. The summed E-state index contributed by atoms with van der Waals surface area (Å²) in [6.45, 7) is 7.16. The van der Waals surface area contributed by atoms with Gasteiger partial charge in [0.25, 0.3) is 0 Å². The van der Waals surface area contributed by atoms with E-state index in [2.05, 4.69) is 51.1 Å². The van der Waals surface area contributed by atoms with Crippen LogP contribution in [0.25, 0.3) is 0 Å². The summed E-state index contributed by atoms with van der Waals surface area (Å²) in [5.74, 6) is 1.88. The van der Waals surface area contributed by atoms with Crippen LogP contribution in [0.3, 0.4) is 0 Å². The maximum absolute atomic E-state index is 2.46. The molecule has 2 atom stereocenters. The van der Waals surface area contributed by atoms with Crippen LogP contribution in [0.15, 0.2) is 30.3 Å². The highest BCUT2D eigenvalue weighted by Gasteiger charge is 2.41. The lowest BCUT2D eigenvalue weighted by Crippen LogP contribution is -2.17. The molecular formula is C16H24. The van der Waals surface area contributed by atoms with Crippen molar-refractivity contribution in [2.45, 2.75) is 51.9 Å². The third kappa shape index (κ3) is 2.03. The first kappa shape index (κ1) is 11.7. The zero-order chi connectivity index (χ0) is 11.6. The highest BCUT2D eigenvalue weighted by Crippen LogP contribution is 2.49. The minimum Gasteiger partial charge on any atom is -0.0651 e. The van der Waals surface area contributed by atoms with Crippen LogP contribution in [-0.2, 0) is 5.41 Å². The maximum atomic E-state index is 2.46. The zero-order valence-corrected chi connectivity index (χ0v) is 10.9. The van der Waals surface area contributed by atoms with E-state index in [1.54, 1.807) is 5.56 Å². The predicted octanol–water partition coefficient (Wildman–Crippen LogP) is 4.79. The van der Waals surface area contributed by atoms with Crippen molar-refractivity contribution in [3.8, 4) is 0 Å². The average molecular weight is 216 g/mol. The highest BCUT2D eigenvalue weighted by atomic mass is 14.5. The molecule has 0 radical (unpaired) electrons. The van der Waals surface area contributed by atoms with Crippen molar-refractivity contribution in [1.29, 1.82) is 0 Å². The Balaban J connectivity index is 2.22. The summed E-state index contributed by atoms with van der Waals surface area (Å²) in [5.41, 5.74) is 1.98. The van der Waals surface area contributed by atoms with Gasteiger partial charge in [-0.2, -0.15) is 0 Å². The van der Waals surface area contributed by atoms with E-state index in [-0.39, 0.29) is 0 Å². The van der Waals surface area contributed by atoms with E-state index < -0.39 is 0 Å². The van der Waals surface area contributed by atoms with Gasteiger partial charge in [0.15, 0.2) is 0 Å². The van der Waals surface area contributed by atoms with Crippen molar-refractivity contribution >= 4 is 0 Å². The average Bonchev–Trinajstić information content (AvgIpc) is 2.68. The molecule has 1 saturated carbocycles. The molecule has 1 aromatic rings. The van der Waals surface area contributed by atoms with Gasteiger partial charge in [0.2, 0.25) is 0 Å². The monoisotopic (exact) mass is 216 g/mol. The van der Waals surface area contributed by atoms with Crippen LogP contribution in [0.1, 0.15) is 52.0 Å². The lowest BCUT2D eigenvalue weighted by atomic mass is 9.80. The van der Waals surface area contributed by atoms with E-state index in [0.717, 1.165) is 11.8 Å². The van der Waals surface area contributed by atoms with Gasteiger partial charge < -0.3 is 0 Å². The Morgan fingerprint density at radius 2 is 1.50 bits per heavy atom. The van der Waals surface area contributed by atoms with Gasteiger partial charge in [-0.15, -0.1) is 0 Å². The summed E-state index contributed by atoms with van der Waals surface area (Å²) in [7, 11) is 0. The second-order valence-corrected chi connectivity index (χ2v) is 5.67. The van der Waals surface area contributed by atoms with Crippen LogP contribution in [0.5, 0.6) is 0 Å². The molecule has 1 aliphatic carbocycles. The van der Waals surface area contributed by atoms with Crippen molar-refractivity contribution in [2.24, 2.45) is 11.8 Å². The standard InChI is InChI=1S/C16H24/c1-4-13-11-16(3,12-14(13)5-2)15-9-7-6-8-10-15/h6-10,13-14H,4-5,11-12H2,1-3H3. The van der Waals surface area contributed by atoms with E-state index in [1.807, 2.05) is 0 Å². The fourth-order valence-electron chi connectivity index (χ4n) is 3.61. The van der Waals surface area contributed by atoms with Crippen LogP contribution in [0.4, 0.5) is 0 Å². The van der Waals surface area contributed by atoms with Crippen LogP contribution < -0.4 is 0 Å². The number of hydrogen-bond donors (Lipinski definition) is 0. The zero-order valence-electron chi connectivity index (χ0n) is 10.9. The van der Waals surface area contributed by atoms with E-state index in [1.165, 1.54) is 25.7 Å². The molecule has 2 unspecified atom stereocenters. The maximum Gasteiger partial charge on any atom is -0.00698 e. The summed E-state index contributed by atoms with van der Waals surface area (Å²) in [5, 5.41) is 0. The van der Waals surface area contributed by atoms with Gasteiger partial charge >= 0.3 is 0 Å². The molecule has 0 bridgehead atoms. The largest absolute Gasteiger partial charge is 0.0651 e. The Labute approximate surface area is 100 Å². The second-order valence-electron chi connectivity index (χ2n) is 5.67. The summed E-state index contributed by atoms with van der Waals surface area (Å²) in [6, 6.07) is 11.1. The van der Waals surface area contributed by atoms with Crippen LogP contribution in [0.2, 0.25) is 0 Å². The quantitative estimate of drug-likeness (QED) is 0.681. The fraction of sp³-hybridized carbons (Fsp3) is 0.625. The van der Waals surface area contributed by atoms with Crippen molar-refractivity contribution in [2.75, 3.05) is 0 Å². The molecule has 0 heterocycles. The smallest absolute Gasteiger partial charge is 0.00698 e. The van der Waals surface area contributed by atoms with E-state index in [0.29, 0.717) is 5.41 Å². The lowest BCUT2D eigenvalue weighted by Gasteiger charge is -2.25. The highest BCUT2D eigenvalue weighted by molar-refractivity contribution is 5.26. The molecule has 88 valence electrons. The van der Waals surface area contributed by atoms with Crippen molar-refractivity contribution in [3.63, 3.8) is 0 Å². The third-order valence-corrected chi connectivity index (χ3v) is 4.61. The SMILES string of the molecule is CCC1CC(C)(c2ccccc2)CC1CC. The minimum atomic E-state index is 0.433. The Morgan fingerprint density at radius 3 is 1.94 bits per heavy atom. The van der Waals surface area contributed by atoms with Gasteiger partial charge in [-0.25, -0.2) is 0 Å². The molecule has 1 fully saturated rings. The number of rotatable bonds is 3. The Kier molecular flexibility index (Phi) is 3.37. The van der Waals surface area contributed by atoms with Gasteiger partial charge in [0.05, 0.1) is 0 Å². The summed E-state index contributed by atoms with van der Waals surface area (Å²) in [6.07, 6.45) is 5.46. The number of hydrogen-bond acceptors (Lipinski definition) is 0. The molecule has 0 aliphatic heterocycles. The summed E-state index contributed by atoms with van der Waals surface area (Å²) < 4.78 is 0. The predicted molar refractivity (Wildman–Crippen MR) is 70.6 cm³/mol. The molecule has 0 amide bonds. The van der Waals surface area contributed by atoms with E-state index in [9.17, 15) is 0 Å². The molecule has 2 rings (SSSR count). The topological polar surface area (TPSA) is 0 Å². The molecule has 0 nitrogen and oxygen atoms in total. The summed E-state index contributed by atoms with van der Waals surface area (Å²) >= 11 is 0. The third-order valence-electron chi connectivity index (χ3n) is 4.61. The molecule has 1 aliphatic rings. The van der Waals surface area contributed by atoms with Crippen molar-refractivity contribution in [3.05, 3.63) is 35.9 Å². The molecule has 16 heavy (non-hydrogen) atoms. The van der Waals surface area contributed by atoms with E-state index >= 15 is 0 Å². The first-order valence-corrected chi connectivity index (χ1v) is 6.75. The first-order chi connectivity index (χ1) is 7.69. The Hall–Kier alpha value is -0.780. The van der Waals surface area contributed by atoms with Gasteiger partial charge in [-0.05, 0) is 35.7 Å². The molecule has 0 heteroatoms. The molecule has 0 spiro atoms. The van der Waals surface area contributed by atoms with Crippen LogP contribution >= 0.6 is 0 Å². The molecule has 0 N–H and O–H groups in total. The Morgan fingerprint density at radius 1 is 1.00 bits per heavy atom. The minimum absolute atomic E-state index is 0.433. The van der Waals surface area contributed by atoms with Gasteiger partial charge in [0, 0.05) is 0 Å². The normalized spacial score (nSPS) is 34.2. The van der Waals surface area contributed by atoms with Crippen molar-refractivity contribution in [1.82, 2.24) is 0 Å². The second kappa shape index (κ2) is 4.61. The van der Waals surface area contributed by atoms with Gasteiger partial charge in [0.1, 0.15) is 0 Å². The molecule has 1 aromatic carbocycles. The first-order valence-electron chi connectivity index (χ1n) is 6.75.